The van der Waals surface area contributed by atoms with E-state index < -0.39 is 0 Å². The van der Waals surface area contributed by atoms with Gasteiger partial charge in [0.2, 0.25) is 0 Å². The van der Waals surface area contributed by atoms with E-state index in [0.29, 0.717) is 11.8 Å². The third kappa shape index (κ3) is 3.57. The molecule has 1 aromatic carbocycles. The van der Waals surface area contributed by atoms with Gasteiger partial charge >= 0.3 is 0 Å². The SMILES string of the molecule is C=CC(CCC(C)C)(CCC(C)C)n1nnc2ccccc21. The molecule has 0 radical (unpaired) electrons. The van der Waals surface area contributed by atoms with Crippen LogP contribution in [-0.2, 0) is 5.54 Å². The van der Waals surface area contributed by atoms with Crippen LogP contribution in [0.25, 0.3) is 11.0 Å². The summed E-state index contributed by atoms with van der Waals surface area (Å²) in [5.41, 5.74) is 1.93. The molecule has 22 heavy (non-hydrogen) atoms. The first kappa shape index (κ1) is 16.7. The van der Waals surface area contributed by atoms with Gasteiger partial charge < -0.3 is 0 Å². The fourth-order valence-corrected chi connectivity index (χ4v) is 2.90. The molecule has 0 fully saturated rings. The van der Waals surface area contributed by atoms with Crippen molar-refractivity contribution in [3.05, 3.63) is 36.9 Å². The molecule has 0 saturated carbocycles. The summed E-state index contributed by atoms with van der Waals surface area (Å²) in [6.45, 7) is 13.3. The highest BCUT2D eigenvalue weighted by Gasteiger charge is 2.31. The Morgan fingerprint density at radius 1 is 1.09 bits per heavy atom. The lowest BCUT2D eigenvalue weighted by molar-refractivity contribution is 0.253. The van der Waals surface area contributed by atoms with Gasteiger partial charge in [0.05, 0.1) is 11.1 Å². The lowest BCUT2D eigenvalue weighted by Gasteiger charge is -2.32. The Labute approximate surface area is 134 Å². The average Bonchev–Trinajstić information content (AvgIpc) is 2.92. The van der Waals surface area contributed by atoms with Crippen molar-refractivity contribution in [1.82, 2.24) is 15.0 Å². The molecule has 0 N–H and O–H groups in total. The third-order valence-corrected chi connectivity index (χ3v) is 4.46. The van der Waals surface area contributed by atoms with Gasteiger partial charge in [-0.3, -0.25) is 0 Å². The van der Waals surface area contributed by atoms with Gasteiger partial charge in [-0.1, -0.05) is 51.1 Å². The molecule has 0 aliphatic rings. The minimum atomic E-state index is -0.134. The summed E-state index contributed by atoms with van der Waals surface area (Å²) in [4.78, 5) is 0. The molecule has 1 heterocycles. The predicted octanol–water partition coefficient (Wildman–Crippen LogP) is 5.19. The van der Waals surface area contributed by atoms with E-state index in [1.165, 1.54) is 0 Å². The Hall–Kier alpha value is -1.64. The first-order valence-corrected chi connectivity index (χ1v) is 8.43. The molecule has 0 saturated heterocycles. The fourth-order valence-electron chi connectivity index (χ4n) is 2.90. The number of para-hydroxylation sites is 1. The van der Waals surface area contributed by atoms with E-state index in [-0.39, 0.29) is 5.54 Å². The molecule has 0 amide bonds. The first-order valence-electron chi connectivity index (χ1n) is 8.43. The van der Waals surface area contributed by atoms with Gasteiger partial charge in [-0.15, -0.1) is 11.7 Å². The van der Waals surface area contributed by atoms with Gasteiger partial charge in [-0.05, 0) is 49.7 Å². The number of aromatic nitrogens is 3. The van der Waals surface area contributed by atoms with Gasteiger partial charge in [0.15, 0.2) is 0 Å². The fraction of sp³-hybridized carbons (Fsp3) is 0.579. The quantitative estimate of drug-likeness (QED) is 0.628. The zero-order chi connectivity index (χ0) is 16.2. The molecule has 0 aliphatic carbocycles. The lowest BCUT2D eigenvalue weighted by Crippen LogP contribution is -2.33. The topological polar surface area (TPSA) is 30.7 Å². The molecule has 0 aliphatic heterocycles. The van der Waals surface area contributed by atoms with E-state index in [4.69, 9.17) is 0 Å². The van der Waals surface area contributed by atoms with Crippen molar-refractivity contribution < 1.29 is 0 Å². The van der Waals surface area contributed by atoms with Crippen molar-refractivity contribution >= 4 is 11.0 Å². The van der Waals surface area contributed by atoms with Crippen LogP contribution in [0, 0.1) is 11.8 Å². The summed E-state index contributed by atoms with van der Waals surface area (Å²) in [5, 5.41) is 8.84. The Kier molecular flexibility index (Phi) is 5.38. The van der Waals surface area contributed by atoms with Crippen LogP contribution in [0.2, 0.25) is 0 Å². The molecule has 1 aromatic heterocycles. The highest BCUT2D eigenvalue weighted by molar-refractivity contribution is 5.74. The summed E-state index contributed by atoms with van der Waals surface area (Å²) < 4.78 is 2.11. The standard InChI is InChI=1S/C19H29N3/c1-6-19(13-11-15(2)3,14-12-16(4)5)22-18-10-8-7-9-17(18)20-21-22/h6-10,15-16H,1,11-14H2,2-5H3. The summed E-state index contributed by atoms with van der Waals surface area (Å²) in [6.07, 6.45) is 6.55. The maximum absolute atomic E-state index is 4.49. The molecule has 0 bridgehead atoms. The zero-order valence-corrected chi connectivity index (χ0v) is 14.4. The van der Waals surface area contributed by atoms with Crippen molar-refractivity contribution in [3.8, 4) is 0 Å². The Bertz CT molecular complexity index is 598. The van der Waals surface area contributed by atoms with Crippen LogP contribution in [0.5, 0.6) is 0 Å². The number of fused-ring (bicyclic) bond motifs is 1. The van der Waals surface area contributed by atoms with E-state index in [0.717, 1.165) is 36.7 Å². The Balaban J connectivity index is 2.43. The minimum absolute atomic E-state index is 0.134. The van der Waals surface area contributed by atoms with E-state index in [9.17, 15) is 0 Å². The molecule has 3 nitrogen and oxygen atoms in total. The highest BCUT2D eigenvalue weighted by Crippen LogP contribution is 2.34. The van der Waals surface area contributed by atoms with Crippen LogP contribution in [0.15, 0.2) is 36.9 Å². The number of hydrogen-bond acceptors (Lipinski definition) is 2. The molecular formula is C19H29N3. The van der Waals surface area contributed by atoms with Crippen LogP contribution >= 0.6 is 0 Å². The van der Waals surface area contributed by atoms with Crippen LogP contribution in [0.4, 0.5) is 0 Å². The molecular weight excluding hydrogens is 270 g/mol. The maximum atomic E-state index is 4.49. The first-order chi connectivity index (χ1) is 10.5. The molecule has 0 atom stereocenters. The number of nitrogens with zero attached hydrogens (tertiary/aromatic N) is 3. The van der Waals surface area contributed by atoms with Crippen molar-refractivity contribution in [3.63, 3.8) is 0 Å². The molecule has 0 unspecified atom stereocenters. The molecule has 0 spiro atoms. The number of rotatable bonds is 8. The van der Waals surface area contributed by atoms with E-state index in [1.54, 1.807) is 0 Å². The number of hydrogen-bond donors (Lipinski definition) is 0. The maximum Gasteiger partial charge on any atom is 0.113 e. The van der Waals surface area contributed by atoms with Crippen molar-refractivity contribution in [2.45, 2.75) is 58.9 Å². The Morgan fingerprint density at radius 3 is 2.23 bits per heavy atom. The van der Waals surface area contributed by atoms with Gasteiger partial charge in [0, 0.05) is 0 Å². The van der Waals surface area contributed by atoms with Gasteiger partial charge in [-0.25, -0.2) is 4.68 Å². The largest absolute Gasteiger partial charge is 0.235 e. The second kappa shape index (κ2) is 7.08. The lowest BCUT2D eigenvalue weighted by atomic mass is 9.84. The van der Waals surface area contributed by atoms with Gasteiger partial charge in [0.1, 0.15) is 5.52 Å². The summed E-state index contributed by atoms with van der Waals surface area (Å²) in [6, 6.07) is 8.20. The van der Waals surface area contributed by atoms with E-state index >= 15 is 0 Å². The summed E-state index contributed by atoms with van der Waals surface area (Å²) in [7, 11) is 0. The van der Waals surface area contributed by atoms with Crippen molar-refractivity contribution in [2.75, 3.05) is 0 Å². The number of allylic oxidation sites excluding steroid dienone is 1. The van der Waals surface area contributed by atoms with Crippen LogP contribution in [0.3, 0.4) is 0 Å². The van der Waals surface area contributed by atoms with Crippen molar-refractivity contribution in [2.24, 2.45) is 11.8 Å². The van der Waals surface area contributed by atoms with Crippen LogP contribution in [0.1, 0.15) is 53.4 Å². The van der Waals surface area contributed by atoms with Crippen LogP contribution in [-0.4, -0.2) is 15.0 Å². The van der Waals surface area contributed by atoms with Crippen molar-refractivity contribution in [1.29, 1.82) is 0 Å². The van der Waals surface area contributed by atoms with Gasteiger partial charge in [0.25, 0.3) is 0 Å². The summed E-state index contributed by atoms with van der Waals surface area (Å²) in [5.74, 6) is 1.35. The highest BCUT2D eigenvalue weighted by atomic mass is 15.5. The molecule has 2 rings (SSSR count). The van der Waals surface area contributed by atoms with E-state index in [1.807, 2.05) is 12.1 Å². The third-order valence-electron chi connectivity index (χ3n) is 4.46. The number of benzene rings is 1. The predicted molar refractivity (Wildman–Crippen MR) is 93.8 cm³/mol. The monoisotopic (exact) mass is 299 g/mol. The second-order valence-corrected chi connectivity index (χ2v) is 7.16. The second-order valence-electron chi connectivity index (χ2n) is 7.16. The van der Waals surface area contributed by atoms with E-state index in [2.05, 4.69) is 67.5 Å². The Morgan fingerprint density at radius 2 is 1.68 bits per heavy atom. The van der Waals surface area contributed by atoms with Crippen LogP contribution < -0.4 is 0 Å². The zero-order valence-electron chi connectivity index (χ0n) is 14.4. The molecule has 2 aromatic rings. The normalized spacial score (nSPS) is 12.5. The average molecular weight is 299 g/mol. The molecule has 3 heteroatoms. The smallest absolute Gasteiger partial charge is 0.113 e. The molecule has 120 valence electrons. The summed E-state index contributed by atoms with van der Waals surface area (Å²) >= 11 is 0. The minimum Gasteiger partial charge on any atom is -0.235 e. The van der Waals surface area contributed by atoms with Gasteiger partial charge in [-0.2, -0.15) is 0 Å².